The molecule has 0 saturated carbocycles. The Labute approximate surface area is 147 Å². The first-order valence-electron chi connectivity index (χ1n) is 7.70. The molecule has 26 heavy (non-hydrogen) atoms. The van der Waals surface area contributed by atoms with Crippen LogP contribution in [0.4, 0.5) is 5.69 Å². The summed E-state index contributed by atoms with van der Waals surface area (Å²) in [5, 5.41) is 27.1. The van der Waals surface area contributed by atoms with E-state index in [1.807, 2.05) is 37.3 Å². The number of aromatic nitrogens is 5. The summed E-state index contributed by atoms with van der Waals surface area (Å²) < 4.78 is 7.27. The van der Waals surface area contributed by atoms with Crippen molar-refractivity contribution in [1.29, 1.82) is 0 Å². The van der Waals surface area contributed by atoms with E-state index < -0.39 is 4.92 Å². The van der Waals surface area contributed by atoms with E-state index in [0.29, 0.717) is 23.0 Å². The number of nitrogens with zero attached hydrogens (tertiary/aromatic N) is 6. The second-order valence-electron chi connectivity index (χ2n) is 5.49. The predicted molar refractivity (Wildman–Crippen MR) is 91.5 cm³/mol. The van der Waals surface area contributed by atoms with Gasteiger partial charge in [0.1, 0.15) is 0 Å². The fourth-order valence-corrected chi connectivity index (χ4v) is 2.50. The van der Waals surface area contributed by atoms with Crippen LogP contribution in [0.1, 0.15) is 5.69 Å². The van der Waals surface area contributed by atoms with Gasteiger partial charge in [-0.3, -0.25) is 10.1 Å². The van der Waals surface area contributed by atoms with Crippen LogP contribution in [-0.2, 0) is 0 Å². The summed E-state index contributed by atoms with van der Waals surface area (Å²) in [6, 6.07) is 15.5. The molecular weight excluding hydrogens is 336 g/mol. The van der Waals surface area contributed by atoms with Gasteiger partial charge in [0.25, 0.3) is 11.6 Å². The summed E-state index contributed by atoms with van der Waals surface area (Å²) in [6.07, 6.45) is 0. The Morgan fingerprint density at radius 1 is 0.962 bits per heavy atom. The first-order chi connectivity index (χ1) is 12.6. The number of nitro benzene ring substituents is 1. The van der Waals surface area contributed by atoms with Crippen LogP contribution in [0.5, 0.6) is 0 Å². The van der Waals surface area contributed by atoms with Crippen molar-refractivity contribution < 1.29 is 9.34 Å². The highest BCUT2D eigenvalue weighted by atomic mass is 16.6. The molecule has 2 heterocycles. The Hall–Kier alpha value is -3.88. The normalized spacial score (nSPS) is 10.8. The van der Waals surface area contributed by atoms with Crippen molar-refractivity contribution in [2.45, 2.75) is 6.92 Å². The topological polar surface area (TPSA) is 113 Å². The molecule has 2 aromatic heterocycles. The predicted octanol–water partition coefficient (Wildman–Crippen LogP) is 3.20. The lowest BCUT2D eigenvalue weighted by Crippen LogP contribution is -1.99. The molecule has 0 unspecified atom stereocenters. The lowest BCUT2D eigenvalue weighted by molar-refractivity contribution is -0.384. The Balaban J connectivity index is 1.68. The SMILES string of the molecule is Cc1c(-c2nnc(-c3ccccc3)o2)nnn1-c1ccc([N+](=O)[O-])cc1. The van der Waals surface area contributed by atoms with E-state index in [9.17, 15) is 10.1 Å². The number of hydrogen-bond acceptors (Lipinski definition) is 7. The lowest BCUT2D eigenvalue weighted by Gasteiger charge is -2.02. The molecular formula is C17H12N6O3. The Morgan fingerprint density at radius 2 is 1.65 bits per heavy atom. The zero-order valence-electron chi connectivity index (χ0n) is 13.6. The van der Waals surface area contributed by atoms with Crippen molar-refractivity contribution in [3.63, 3.8) is 0 Å². The van der Waals surface area contributed by atoms with Gasteiger partial charge < -0.3 is 4.42 Å². The second kappa shape index (κ2) is 6.20. The number of rotatable bonds is 4. The highest BCUT2D eigenvalue weighted by molar-refractivity contribution is 5.57. The van der Waals surface area contributed by atoms with Crippen LogP contribution in [-0.4, -0.2) is 30.1 Å². The van der Waals surface area contributed by atoms with Crippen molar-refractivity contribution in [3.05, 3.63) is 70.4 Å². The molecule has 0 bridgehead atoms. The van der Waals surface area contributed by atoms with Crippen LogP contribution in [0.25, 0.3) is 28.7 Å². The molecule has 9 heteroatoms. The molecule has 0 atom stereocenters. The molecule has 0 spiro atoms. The number of non-ortho nitro benzene ring substituents is 1. The maximum atomic E-state index is 10.8. The average molecular weight is 348 g/mol. The Morgan fingerprint density at radius 3 is 2.35 bits per heavy atom. The third-order valence-electron chi connectivity index (χ3n) is 3.85. The van der Waals surface area contributed by atoms with E-state index in [-0.39, 0.29) is 11.6 Å². The van der Waals surface area contributed by atoms with Crippen LogP contribution < -0.4 is 0 Å². The number of hydrogen-bond donors (Lipinski definition) is 0. The minimum atomic E-state index is -0.451. The minimum absolute atomic E-state index is 0.0103. The first kappa shape index (κ1) is 15.6. The second-order valence-corrected chi connectivity index (χ2v) is 5.49. The molecule has 0 N–H and O–H groups in total. The molecule has 4 rings (SSSR count). The quantitative estimate of drug-likeness (QED) is 0.411. The summed E-state index contributed by atoms with van der Waals surface area (Å²) in [6.45, 7) is 1.81. The van der Waals surface area contributed by atoms with Crippen molar-refractivity contribution in [2.75, 3.05) is 0 Å². The molecule has 0 aliphatic heterocycles. The van der Waals surface area contributed by atoms with Crippen LogP contribution in [0.15, 0.2) is 59.0 Å². The van der Waals surface area contributed by atoms with Crippen molar-refractivity contribution >= 4 is 5.69 Å². The van der Waals surface area contributed by atoms with Crippen LogP contribution in [0.3, 0.4) is 0 Å². The fourth-order valence-electron chi connectivity index (χ4n) is 2.50. The fraction of sp³-hybridized carbons (Fsp3) is 0.0588. The van der Waals surface area contributed by atoms with Gasteiger partial charge in [-0.2, -0.15) is 0 Å². The third kappa shape index (κ3) is 2.71. The van der Waals surface area contributed by atoms with Gasteiger partial charge in [0.2, 0.25) is 5.89 Å². The highest BCUT2D eigenvalue weighted by Crippen LogP contribution is 2.25. The van der Waals surface area contributed by atoms with E-state index in [1.165, 1.54) is 12.1 Å². The van der Waals surface area contributed by atoms with Crippen molar-refractivity contribution in [2.24, 2.45) is 0 Å². The van der Waals surface area contributed by atoms with Gasteiger partial charge in [0, 0.05) is 17.7 Å². The van der Waals surface area contributed by atoms with E-state index in [4.69, 9.17) is 4.42 Å². The summed E-state index contributed by atoms with van der Waals surface area (Å²) in [4.78, 5) is 10.3. The Kier molecular flexibility index (Phi) is 3.73. The molecule has 4 aromatic rings. The largest absolute Gasteiger partial charge is 0.414 e. The summed E-state index contributed by atoms with van der Waals surface area (Å²) in [7, 11) is 0. The van der Waals surface area contributed by atoms with Gasteiger partial charge >= 0.3 is 0 Å². The van der Waals surface area contributed by atoms with Gasteiger partial charge in [0.05, 0.1) is 16.3 Å². The Bertz CT molecular complexity index is 1070. The standard InChI is InChI=1S/C17H12N6O3/c1-11-15(17-20-19-16(26-17)12-5-3-2-4-6-12)18-21-22(11)13-7-9-14(10-8-13)23(24)25/h2-10H,1H3. The minimum Gasteiger partial charge on any atom is -0.414 e. The zero-order chi connectivity index (χ0) is 18.1. The van der Waals surface area contributed by atoms with Crippen LogP contribution in [0, 0.1) is 17.0 Å². The highest BCUT2D eigenvalue weighted by Gasteiger charge is 2.19. The lowest BCUT2D eigenvalue weighted by atomic mass is 10.2. The number of benzene rings is 2. The molecule has 9 nitrogen and oxygen atoms in total. The summed E-state index contributed by atoms with van der Waals surface area (Å²) in [5.74, 6) is 0.652. The van der Waals surface area contributed by atoms with Gasteiger partial charge in [-0.15, -0.1) is 15.3 Å². The van der Waals surface area contributed by atoms with Crippen molar-refractivity contribution in [1.82, 2.24) is 25.2 Å². The van der Waals surface area contributed by atoms with E-state index in [1.54, 1.807) is 16.8 Å². The van der Waals surface area contributed by atoms with Crippen LogP contribution in [0.2, 0.25) is 0 Å². The third-order valence-corrected chi connectivity index (χ3v) is 3.85. The van der Waals surface area contributed by atoms with E-state index >= 15 is 0 Å². The average Bonchev–Trinajstić information content (AvgIpc) is 3.29. The molecule has 0 radical (unpaired) electrons. The van der Waals surface area contributed by atoms with Crippen LogP contribution >= 0.6 is 0 Å². The van der Waals surface area contributed by atoms with Gasteiger partial charge in [0.15, 0.2) is 5.69 Å². The maximum absolute atomic E-state index is 10.8. The first-order valence-corrected chi connectivity index (χ1v) is 7.70. The molecule has 0 fully saturated rings. The van der Waals surface area contributed by atoms with Gasteiger partial charge in [-0.05, 0) is 31.2 Å². The number of nitro groups is 1. The van der Waals surface area contributed by atoms with E-state index in [0.717, 1.165) is 5.56 Å². The van der Waals surface area contributed by atoms with E-state index in [2.05, 4.69) is 20.5 Å². The van der Waals surface area contributed by atoms with Gasteiger partial charge in [-0.1, -0.05) is 23.4 Å². The summed E-state index contributed by atoms with van der Waals surface area (Å²) in [5.41, 5.74) is 2.61. The maximum Gasteiger partial charge on any atom is 0.270 e. The molecule has 0 aliphatic carbocycles. The smallest absolute Gasteiger partial charge is 0.270 e. The molecule has 0 amide bonds. The molecule has 0 aliphatic rings. The molecule has 128 valence electrons. The molecule has 0 saturated heterocycles. The van der Waals surface area contributed by atoms with Gasteiger partial charge in [-0.25, -0.2) is 4.68 Å². The zero-order valence-corrected chi connectivity index (χ0v) is 13.6. The summed E-state index contributed by atoms with van der Waals surface area (Å²) >= 11 is 0. The van der Waals surface area contributed by atoms with Crippen molar-refractivity contribution in [3.8, 4) is 28.7 Å². The monoisotopic (exact) mass is 348 g/mol. The molecule has 2 aromatic carbocycles.